The van der Waals surface area contributed by atoms with Crippen molar-refractivity contribution in [3.05, 3.63) is 29.1 Å². The molecule has 24 heavy (non-hydrogen) atoms. The minimum absolute atomic E-state index is 0.277. The third-order valence-electron chi connectivity index (χ3n) is 3.76. The van der Waals surface area contributed by atoms with Gasteiger partial charge in [0.25, 0.3) is 0 Å². The molecule has 0 saturated carbocycles. The zero-order valence-electron chi connectivity index (χ0n) is 13.7. The van der Waals surface area contributed by atoms with Crippen molar-refractivity contribution in [2.75, 3.05) is 29.4 Å². The molecule has 1 saturated heterocycles. The maximum atomic E-state index is 11.3. The lowest BCUT2D eigenvalue weighted by Crippen LogP contribution is -2.18. The molecule has 0 aliphatic carbocycles. The molecule has 130 valence electrons. The number of rotatable bonds is 6. The number of aromatic nitrogens is 1. The second kappa shape index (κ2) is 7.08. The van der Waals surface area contributed by atoms with Gasteiger partial charge in [-0.1, -0.05) is 12.1 Å². The summed E-state index contributed by atoms with van der Waals surface area (Å²) in [5.74, 6) is 0. The monoisotopic (exact) mass is 367 g/mol. The van der Waals surface area contributed by atoms with Crippen LogP contribution in [-0.4, -0.2) is 38.9 Å². The van der Waals surface area contributed by atoms with Gasteiger partial charge in [0.05, 0.1) is 18.1 Å². The first-order chi connectivity index (χ1) is 11.4. The fourth-order valence-electron chi connectivity index (χ4n) is 2.66. The van der Waals surface area contributed by atoms with E-state index in [2.05, 4.69) is 15.0 Å². The van der Waals surface area contributed by atoms with Gasteiger partial charge < -0.3 is 10.1 Å². The predicted molar refractivity (Wildman–Crippen MR) is 98.2 cm³/mol. The summed E-state index contributed by atoms with van der Waals surface area (Å²) in [6.45, 7) is 3.67. The molecule has 2 N–H and O–H groups in total. The number of anilines is 2. The van der Waals surface area contributed by atoms with E-state index in [1.165, 1.54) is 0 Å². The number of aryl methyl sites for hydroxylation is 1. The second-order valence-electron chi connectivity index (χ2n) is 5.89. The van der Waals surface area contributed by atoms with Gasteiger partial charge in [-0.2, -0.15) is 0 Å². The topological polar surface area (TPSA) is 80.3 Å². The molecule has 3 rings (SSSR count). The normalized spacial score (nSPS) is 17.8. The first kappa shape index (κ1) is 17.2. The van der Waals surface area contributed by atoms with Crippen LogP contribution in [0.1, 0.15) is 17.7 Å². The van der Waals surface area contributed by atoms with Crippen LogP contribution < -0.4 is 10.0 Å². The standard InChI is InChI=1S/C16H21N3O3S2/c1-11-15(12-5-7-13(8-6-12)19-24(2,20)21)18-16(23-11)17-10-14-4-3-9-22-14/h5-8,14,19H,3-4,9-10H2,1-2H3,(H,17,18)/t14-/m1/s1. The highest BCUT2D eigenvalue weighted by molar-refractivity contribution is 7.92. The highest BCUT2D eigenvalue weighted by atomic mass is 32.2. The largest absolute Gasteiger partial charge is 0.376 e. The van der Waals surface area contributed by atoms with Crippen LogP contribution in [0.25, 0.3) is 11.3 Å². The van der Waals surface area contributed by atoms with E-state index in [4.69, 9.17) is 4.74 Å². The summed E-state index contributed by atoms with van der Waals surface area (Å²) in [6.07, 6.45) is 3.64. The van der Waals surface area contributed by atoms with E-state index in [9.17, 15) is 8.42 Å². The van der Waals surface area contributed by atoms with Crippen molar-refractivity contribution in [2.45, 2.75) is 25.9 Å². The zero-order chi connectivity index (χ0) is 17.2. The summed E-state index contributed by atoms with van der Waals surface area (Å²) in [6, 6.07) is 7.24. The molecule has 1 aromatic heterocycles. The highest BCUT2D eigenvalue weighted by Gasteiger charge is 2.16. The Morgan fingerprint density at radius 3 is 2.71 bits per heavy atom. The quantitative estimate of drug-likeness (QED) is 0.820. The highest BCUT2D eigenvalue weighted by Crippen LogP contribution is 2.31. The molecule has 0 unspecified atom stereocenters. The van der Waals surface area contributed by atoms with Crippen LogP contribution in [0.3, 0.4) is 0 Å². The molecular weight excluding hydrogens is 346 g/mol. The van der Waals surface area contributed by atoms with Crippen LogP contribution in [0.15, 0.2) is 24.3 Å². The maximum absolute atomic E-state index is 11.3. The van der Waals surface area contributed by atoms with Crippen LogP contribution in [0, 0.1) is 6.92 Å². The van der Waals surface area contributed by atoms with Crippen molar-refractivity contribution >= 4 is 32.2 Å². The Morgan fingerprint density at radius 1 is 1.33 bits per heavy atom. The number of thiazole rings is 1. The fourth-order valence-corrected chi connectivity index (χ4v) is 4.06. The number of nitrogens with one attached hydrogen (secondary N) is 2. The molecule has 0 amide bonds. The Morgan fingerprint density at radius 2 is 2.08 bits per heavy atom. The average Bonchev–Trinajstić information content (AvgIpc) is 3.14. The van der Waals surface area contributed by atoms with Crippen molar-refractivity contribution in [3.8, 4) is 11.3 Å². The van der Waals surface area contributed by atoms with Gasteiger partial charge in [-0.25, -0.2) is 13.4 Å². The number of hydrogen-bond donors (Lipinski definition) is 2. The maximum Gasteiger partial charge on any atom is 0.229 e. The summed E-state index contributed by atoms with van der Waals surface area (Å²) >= 11 is 1.62. The number of nitrogens with zero attached hydrogens (tertiary/aromatic N) is 1. The lowest BCUT2D eigenvalue weighted by molar-refractivity contribution is 0.120. The van der Waals surface area contributed by atoms with Crippen LogP contribution in [0.2, 0.25) is 0 Å². The number of sulfonamides is 1. The Bertz CT molecular complexity index is 794. The summed E-state index contributed by atoms with van der Waals surface area (Å²) in [4.78, 5) is 5.78. The molecule has 0 spiro atoms. The SMILES string of the molecule is Cc1sc(NC[C@H]2CCCO2)nc1-c1ccc(NS(C)(=O)=O)cc1. The summed E-state index contributed by atoms with van der Waals surface area (Å²) in [5.41, 5.74) is 2.43. The zero-order valence-corrected chi connectivity index (χ0v) is 15.3. The molecule has 2 heterocycles. The average molecular weight is 367 g/mol. The van der Waals surface area contributed by atoms with Crippen molar-refractivity contribution in [2.24, 2.45) is 0 Å². The lowest BCUT2D eigenvalue weighted by Gasteiger charge is -2.09. The minimum atomic E-state index is -3.26. The Balaban J connectivity index is 1.69. The van der Waals surface area contributed by atoms with E-state index in [1.54, 1.807) is 23.5 Å². The van der Waals surface area contributed by atoms with Gasteiger partial charge in [0.1, 0.15) is 0 Å². The molecule has 1 aliphatic heterocycles. The van der Waals surface area contributed by atoms with Crippen LogP contribution in [0.4, 0.5) is 10.8 Å². The van der Waals surface area contributed by atoms with Gasteiger partial charge in [-0.15, -0.1) is 11.3 Å². The van der Waals surface area contributed by atoms with Gasteiger partial charge in [-0.3, -0.25) is 4.72 Å². The van der Waals surface area contributed by atoms with E-state index < -0.39 is 10.0 Å². The smallest absolute Gasteiger partial charge is 0.229 e. The van der Waals surface area contributed by atoms with Crippen LogP contribution >= 0.6 is 11.3 Å². The van der Waals surface area contributed by atoms with E-state index >= 15 is 0 Å². The molecule has 1 aliphatic rings. The molecular formula is C16H21N3O3S2. The lowest BCUT2D eigenvalue weighted by atomic mass is 10.1. The van der Waals surface area contributed by atoms with Gasteiger partial charge in [0, 0.05) is 29.3 Å². The summed E-state index contributed by atoms with van der Waals surface area (Å²) in [5, 5.41) is 4.24. The van der Waals surface area contributed by atoms with Crippen LogP contribution in [-0.2, 0) is 14.8 Å². The van der Waals surface area contributed by atoms with E-state index in [1.807, 2.05) is 19.1 Å². The Hall–Kier alpha value is -1.64. The van der Waals surface area contributed by atoms with E-state index in [-0.39, 0.29) is 6.10 Å². The van der Waals surface area contributed by atoms with Crippen molar-refractivity contribution < 1.29 is 13.2 Å². The number of benzene rings is 1. The first-order valence-corrected chi connectivity index (χ1v) is 10.5. The molecule has 6 nitrogen and oxygen atoms in total. The van der Waals surface area contributed by atoms with Gasteiger partial charge in [0.15, 0.2) is 5.13 Å². The predicted octanol–water partition coefficient (Wildman–Crippen LogP) is 3.08. The number of ether oxygens (including phenoxy) is 1. The third-order valence-corrected chi connectivity index (χ3v) is 5.30. The Labute approximate surface area is 146 Å². The molecule has 1 atom stereocenters. The fraction of sp³-hybridized carbons (Fsp3) is 0.438. The molecule has 2 aromatic rings. The first-order valence-electron chi connectivity index (χ1n) is 7.82. The van der Waals surface area contributed by atoms with Crippen molar-refractivity contribution in [3.63, 3.8) is 0 Å². The second-order valence-corrected chi connectivity index (χ2v) is 8.84. The number of hydrogen-bond acceptors (Lipinski definition) is 6. The van der Waals surface area contributed by atoms with Gasteiger partial charge in [-0.05, 0) is 31.9 Å². The third kappa shape index (κ3) is 4.46. The van der Waals surface area contributed by atoms with Crippen molar-refractivity contribution in [1.29, 1.82) is 0 Å². The van der Waals surface area contributed by atoms with Crippen molar-refractivity contribution in [1.82, 2.24) is 4.98 Å². The van der Waals surface area contributed by atoms with Crippen LogP contribution in [0.5, 0.6) is 0 Å². The molecule has 0 bridgehead atoms. The molecule has 0 radical (unpaired) electrons. The Kier molecular flexibility index (Phi) is 5.07. The summed E-state index contributed by atoms with van der Waals surface area (Å²) < 4.78 is 30.6. The van der Waals surface area contributed by atoms with Gasteiger partial charge in [0.2, 0.25) is 10.0 Å². The van der Waals surface area contributed by atoms with E-state index in [0.29, 0.717) is 5.69 Å². The molecule has 1 aromatic carbocycles. The van der Waals surface area contributed by atoms with E-state index in [0.717, 1.165) is 53.5 Å². The molecule has 8 heteroatoms. The van der Waals surface area contributed by atoms with Gasteiger partial charge >= 0.3 is 0 Å². The molecule has 1 fully saturated rings. The summed E-state index contributed by atoms with van der Waals surface area (Å²) in [7, 11) is -3.26. The minimum Gasteiger partial charge on any atom is -0.376 e.